The van der Waals surface area contributed by atoms with Crippen molar-refractivity contribution in [1.29, 1.82) is 0 Å². The number of nitrogens with two attached hydrogens (primary N) is 1. The highest BCUT2D eigenvalue weighted by atomic mass is 14.7. The lowest BCUT2D eigenvalue weighted by atomic mass is 9.80. The predicted octanol–water partition coefficient (Wildman–Crippen LogP) is 4.36. The summed E-state index contributed by atoms with van der Waals surface area (Å²) in [5.74, 6) is 0. The molecule has 1 nitrogen and oxygen atoms in total. The van der Waals surface area contributed by atoms with Gasteiger partial charge in [0, 0.05) is 5.54 Å². The Balaban J connectivity index is 3.35. The molecule has 0 aromatic heterocycles. The van der Waals surface area contributed by atoms with Crippen molar-refractivity contribution in [3.8, 4) is 0 Å². The predicted molar refractivity (Wildman–Crippen MR) is 85.9 cm³/mol. The summed E-state index contributed by atoms with van der Waals surface area (Å²) in [6, 6.07) is 6.25. The summed E-state index contributed by atoms with van der Waals surface area (Å²) in [7, 11) is 0. The summed E-state index contributed by atoms with van der Waals surface area (Å²) < 4.78 is 0. The minimum atomic E-state index is -0.443. The topological polar surface area (TPSA) is 26.0 Å². The van der Waals surface area contributed by atoms with Crippen molar-refractivity contribution in [2.75, 3.05) is 0 Å². The summed E-state index contributed by atoms with van der Waals surface area (Å²) in [5.41, 5.74) is 9.54. The molecule has 0 atom stereocenters. The van der Waals surface area contributed by atoms with Crippen LogP contribution in [-0.2, 0) is 12.0 Å². The number of rotatable bonds is 8. The number of hydrogen-bond acceptors (Lipinski definition) is 1. The van der Waals surface area contributed by atoms with Crippen molar-refractivity contribution in [1.82, 2.24) is 0 Å². The third-order valence-electron chi connectivity index (χ3n) is 3.28. The summed E-state index contributed by atoms with van der Waals surface area (Å²) >= 11 is 0. The van der Waals surface area contributed by atoms with Crippen molar-refractivity contribution in [3.05, 3.63) is 79.4 Å². The van der Waals surface area contributed by atoms with Gasteiger partial charge in [-0.3, -0.25) is 0 Å². The van der Waals surface area contributed by atoms with E-state index in [1.807, 2.05) is 30.4 Å². The molecular formula is C18H23N. The summed E-state index contributed by atoms with van der Waals surface area (Å²) in [5, 5.41) is 0. The molecule has 1 heteroatoms. The molecule has 0 fully saturated rings. The van der Waals surface area contributed by atoms with E-state index in [2.05, 4.69) is 38.4 Å². The van der Waals surface area contributed by atoms with Gasteiger partial charge in [0.25, 0.3) is 0 Å². The Morgan fingerprint density at radius 1 is 1.00 bits per heavy atom. The van der Waals surface area contributed by atoms with Crippen LogP contribution in [0.3, 0.4) is 0 Å². The first-order valence-electron chi connectivity index (χ1n) is 6.48. The molecule has 2 N–H and O–H groups in total. The lowest BCUT2D eigenvalue weighted by Crippen LogP contribution is -2.36. The maximum absolute atomic E-state index is 6.56. The number of allylic oxidation sites excluding steroid dienone is 1. The SMILES string of the molecule is C=CCc1cc(C=C)ccc1C(N)(CC=C)CC=C. The second-order valence-corrected chi connectivity index (χ2v) is 4.76. The van der Waals surface area contributed by atoms with E-state index in [1.165, 1.54) is 5.56 Å². The van der Waals surface area contributed by atoms with Gasteiger partial charge in [-0.15, -0.1) is 19.7 Å². The molecule has 0 saturated heterocycles. The Morgan fingerprint density at radius 3 is 2.11 bits per heavy atom. The van der Waals surface area contributed by atoms with Gasteiger partial charge in [-0.25, -0.2) is 0 Å². The molecule has 0 amide bonds. The van der Waals surface area contributed by atoms with E-state index in [4.69, 9.17) is 5.73 Å². The van der Waals surface area contributed by atoms with Gasteiger partial charge in [0.15, 0.2) is 0 Å². The Bertz CT molecular complexity index is 472. The average molecular weight is 253 g/mol. The molecule has 1 aromatic carbocycles. The molecule has 1 aromatic rings. The summed E-state index contributed by atoms with van der Waals surface area (Å²) in [6.45, 7) is 15.3. The number of benzene rings is 1. The Morgan fingerprint density at radius 2 is 1.63 bits per heavy atom. The van der Waals surface area contributed by atoms with E-state index in [1.54, 1.807) is 0 Å². The van der Waals surface area contributed by atoms with Gasteiger partial charge in [-0.2, -0.15) is 0 Å². The van der Waals surface area contributed by atoms with E-state index in [0.29, 0.717) is 0 Å². The largest absolute Gasteiger partial charge is 0.321 e. The second-order valence-electron chi connectivity index (χ2n) is 4.76. The molecule has 0 aliphatic carbocycles. The highest BCUT2D eigenvalue weighted by Crippen LogP contribution is 2.31. The van der Waals surface area contributed by atoms with Crippen molar-refractivity contribution in [2.24, 2.45) is 5.73 Å². The minimum absolute atomic E-state index is 0.443. The first-order valence-corrected chi connectivity index (χ1v) is 6.48. The molecule has 0 unspecified atom stereocenters. The van der Waals surface area contributed by atoms with Gasteiger partial charge in [-0.1, -0.05) is 49.1 Å². The zero-order valence-electron chi connectivity index (χ0n) is 11.6. The maximum atomic E-state index is 6.56. The van der Waals surface area contributed by atoms with E-state index in [9.17, 15) is 0 Å². The summed E-state index contributed by atoms with van der Waals surface area (Å²) in [4.78, 5) is 0. The molecule has 0 aliphatic rings. The van der Waals surface area contributed by atoms with Crippen molar-refractivity contribution < 1.29 is 0 Å². The van der Waals surface area contributed by atoms with Crippen LogP contribution in [0.5, 0.6) is 0 Å². The smallest absolute Gasteiger partial charge is 0.0481 e. The fourth-order valence-corrected chi connectivity index (χ4v) is 2.37. The third kappa shape index (κ3) is 3.55. The zero-order chi connectivity index (χ0) is 14.3. The van der Waals surface area contributed by atoms with Gasteiger partial charge in [0.1, 0.15) is 0 Å². The summed E-state index contributed by atoms with van der Waals surface area (Å²) in [6.07, 6.45) is 9.70. The molecule has 0 saturated carbocycles. The van der Waals surface area contributed by atoms with Crippen molar-refractivity contribution in [3.63, 3.8) is 0 Å². The molecule has 0 bridgehead atoms. The van der Waals surface area contributed by atoms with Gasteiger partial charge in [0.05, 0.1) is 0 Å². The minimum Gasteiger partial charge on any atom is -0.321 e. The Labute approximate surface area is 116 Å². The van der Waals surface area contributed by atoms with Gasteiger partial charge < -0.3 is 5.73 Å². The highest BCUT2D eigenvalue weighted by Gasteiger charge is 2.26. The molecule has 0 radical (unpaired) electrons. The lowest BCUT2D eigenvalue weighted by Gasteiger charge is -2.30. The van der Waals surface area contributed by atoms with Crippen LogP contribution in [0.4, 0.5) is 0 Å². The van der Waals surface area contributed by atoms with E-state index in [0.717, 1.165) is 30.4 Å². The fraction of sp³-hybridized carbons (Fsp3) is 0.222. The maximum Gasteiger partial charge on any atom is 0.0481 e. The van der Waals surface area contributed by atoms with E-state index < -0.39 is 5.54 Å². The average Bonchev–Trinajstić information content (AvgIpc) is 2.39. The van der Waals surface area contributed by atoms with Crippen LogP contribution < -0.4 is 5.73 Å². The van der Waals surface area contributed by atoms with Gasteiger partial charge in [0.2, 0.25) is 0 Å². The zero-order valence-corrected chi connectivity index (χ0v) is 11.6. The van der Waals surface area contributed by atoms with Crippen LogP contribution in [-0.4, -0.2) is 0 Å². The quantitative estimate of drug-likeness (QED) is 0.684. The number of hydrogen-bond donors (Lipinski definition) is 1. The van der Waals surface area contributed by atoms with Crippen LogP contribution in [0.1, 0.15) is 29.5 Å². The van der Waals surface area contributed by atoms with E-state index >= 15 is 0 Å². The molecule has 0 aliphatic heterocycles. The first-order chi connectivity index (χ1) is 9.11. The van der Waals surface area contributed by atoms with Crippen LogP contribution in [0.25, 0.3) is 6.08 Å². The van der Waals surface area contributed by atoms with Crippen LogP contribution >= 0.6 is 0 Å². The standard InChI is InChI=1S/C18H23N/c1-5-9-16-14-15(8-4)10-11-17(16)18(19,12-6-2)13-7-3/h5-8,10-11,14H,1-4,9,12-13,19H2. The lowest BCUT2D eigenvalue weighted by molar-refractivity contribution is 0.453. The third-order valence-corrected chi connectivity index (χ3v) is 3.28. The molecular weight excluding hydrogens is 230 g/mol. The molecule has 0 spiro atoms. The van der Waals surface area contributed by atoms with Crippen LogP contribution in [0, 0.1) is 0 Å². The van der Waals surface area contributed by atoms with Crippen LogP contribution in [0.15, 0.2) is 62.7 Å². The van der Waals surface area contributed by atoms with Crippen molar-refractivity contribution >= 4 is 6.08 Å². The second kappa shape index (κ2) is 6.91. The molecule has 1 rings (SSSR count). The fourth-order valence-electron chi connectivity index (χ4n) is 2.37. The van der Waals surface area contributed by atoms with Crippen molar-refractivity contribution in [2.45, 2.75) is 24.8 Å². The first kappa shape index (κ1) is 15.2. The monoisotopic (exact) mass is 253 g/mol. The molecule has 100 valence electrons. The van der Waals surface area contributed by atoms with Gasteiger partial charge in [-0.05, 0) is 36.0 Å². The molecule has 19 heavy (non-hydrogen) atoms. The highest BCUT2D eigenvalue weighted by molar-refractivity contribution is 5.51. The van der Waals surface area contributed by atoms with E-state index in [-0.39, 0.29) is 0 Å². The van der Waals surface area contributed by atoms with Gasteiger partial charge >= 0.3 is 0 Å². The Kier molecular flexibility index (Phi) is 5.53. The Hall–Kier alpha value is -1.86. The molecule has 0 heterocycles. The van der Waals surface area contributed by atoms with Crippen LogP contribution in [0.2, 0.25) is 0 Å². The normalized spacial score (nSPS) is 10.8.